The van der Waals surface area contributed by atoms with Crippen molar-refractivity contribution in [3.05, 3.63) is 23.7 Å². The molecule has 0 aromatic rings. The summed E-state index contributed by atoms with van der Waals surface area (Å²) in [7, 11) is 1.36. The van der Waals surface area contributed by atoms with Gasteiger partial charge in [0, 0.05) is 11.1 Å². The molecule has 0 radical (unpaired) electrons. The second-order valence-electron chi connectivity index (χ2n) is 4.75. The van der Waals surface area contributed by atoms with Gasteiger partial charge in [0.05, 0.1) is 24.9 Å². The number of rotatable bonds is 1. The number of methoxy groups -OCH3 is 1. The Morgan fingerprint density at radius 1 is 1.62 bits per heavy atom. The first-order chi connectivity index (χ1) is 7.47. The normalized spacial score (nSPS) is 26.4. The van der Waals surface area contributed by atoms with Gasteiger partial charge in [-0.2, -0.15) is 0 Å². The second kappa shape index (κ2) is 3.47. The molecule has 86 valence electrons. The number of hydrogen-bond acceptors (Lipinski definition) is 4. The average molecular weight is 221 g/mol. The summed E-state index contributed by atoms with van der Waals surface area (Å²) in [6.45, 7) is 3.95. The summed E-state index contributed by atoms with van der Waals surface area (Å²) in [5, 5.41) is 7.83. The molecule has 4 nitrogen and oxygen atoms in total. The first kappa shape index (κ1) is 10.9. The molecule has 0 bridgehead atoms. The maximum absolute atomic E-state index is 11.7. The van der Waals surface area contributed by atoms with Crippen LogP contribution in [0.5, 0.6) is 0 Å². The minimum atomic E-state index is -0.356. The minimum Gasteiger partial charge on any atom is -0.468 e. The predicted molar refractivity (Wildman–Crippen MR) is 58.9 cm³/mol. The van der Waals surface area contributed by atoms with Crippen LogP contribution in [0.15, 0.2) is 23.7 Å². The first-order valence-corrected chi connectivity index (χ1v) is 5.22. The van der Waals surface area contributed by atoms with Crippen molar-refractivity contribution in [1.82, 2.24) is 0 Å². The largest absolute Gasteiger partial charge is 0.468 e. The quantitative estimate of drug-likeness (QED) is 0.689. The number of fused-ring (bicyclic) bond motifs is 1. The summed E-state index contributed by atoms with van der Waals surface area (Å²) >= 11 is 0. The third kappa shape index (κ3) is 1.45. The van der Waals surface area contributed by atoms with Gasteiger partial charge in [0.15, 0.2) is 0 Å². The van der Waals surface area contributed by atoms with Gasteiger partial charge < -0.3 is 14.9 Å². The molecular formula is C12H15NO3. The van der Waals surface area contributed by atoms with E-state index in [1.807, 2.05) is 13.8 Å². The summed E-state index contributed by atoms with van der Waals surface area (Å²) in [4.78, 5) is 11.7. The Hall–Kier alpha value is -1.58. The van der Waals surface area contributed by atoms with Crippen molar-refractivity contribution in [2.45, 2.75) is 20.3 Å². The van der Waals surface area contributed by atoms with Crippen LogP contribution >= 0.6 is 0 Å². The van der Waals surface area contributed by atoms with Crippen LogP contribution in [0.2, 0.25) is 0 Å². The molecule has 1 unspecified atom stereocenters. The molecule has 0 fully saturated rings. The number of esters is 1. The highest BCUT2D eigenvalue weighted by atomic mass is 16.5. The molecule has 1 aliphatic carbocycles. The second-order valence-corrected chi connectivity index (χ2v) is 4.75. The van der Waals surface area contributed by atoms with Gasteiger partial charge in [-0.1, -0.05) is 13.8 Å². The van der Waals surface area contributed by atoms with Crippen LogP contribution in [-0.4, -0.2) is 18.8 Å². The fourth-order valence-electron chi connectivity index (χ4n) is 2.38. The van der Waals surface area contributed by atoms with Crippen molar-refractivity contribution in [3.8, 4) is 0 Å². The highest BCUT2D eigenvalue weighted by Crippen LogP contribution is 2.48. The Kier molecular flexibility index (Phi) is 2.37. The monoisotopic (exact) mass is 221 g/mol. The molecule has 0 amide bonds. The fraction of sp³-hybridized carbons (Fsp3) is 0.500. The lowest BCUT2D eigenvalue weighted by Gasteiger charge is -2.20. The number of ether oxygens (including phenoxy) is 2. The van der Waals surface area contributed by atoms with Crippen LogP contribution < -0.4 is 0 Å². The van der Waals surface area contributed by atoms with E-state index >= 15 is 0 Å². The molecule has 0 spiro atoms. The lowest BCUT2D eigenvalue weighted by molar-refractivity contribution is -0.137. The number of carbonyl (C=O) groups is 1. The minimum absolute atomic E-state index is 0.103. The van der Waals surface area contributed by atoms with Crippen LogP contribution in [0.3, 0.4) is 0 Å². The van der Waals surface area contributed by atoms with E-state index in [1.165, 1.54) is 13.4 Å². The summed E-state index contributed by atoms with van der Waals surface area (Å²) in [5.74, 6) is 0.129. The van der Waals surface area contributed by atoms with Crippen LogP contribution in [0.1, 0.15) is 20.3 Å². The average Bonchev–Trinajstić information content (AvgIpc) is 2.49. The first-order valence-electron chi connectivity index (χ1n) is 5.22. The third-order valence-electron chi connectivity index (χ3n) is 3.16. The van der Waals surface area contributed by atoms with Gasteiger partial charge in [0.2, 0.25) is 0 Å². The van der Waals surface area contributed by atoms with Crippen molar-refractivity contribution in [3.63, 3.8) is 0 Å². The van der Waals surface area contributed by atoms with Gasteiger partial charge in [-0.05, 0) is 12.5 Å². The van der Waals surface area contributed by atoms with Gasteiger partial charge in [-0.3, -0.25) is 0 Å². The summed E-state index contributed by atoms with van der Waals surface area (Å²) in [6, 6.07) is 0. The highest BCUT2D eigenvalue weighted by Gasteiger charge is 2.46. The molecule has 1 aliphatic heterocycles. The van der Waals surface area contributed by atoms with Gasteiger partial charge in [0.25, 0.3) is 0 Å². The molecule has 1 N–H and O–H groups in total. The van der Waals surface area contributed by atoms with Crippen molar-refractivity contribution in [1.29, 1.82) is 5.41 Å². The van der Waals surface area contributed by atoms with Crippen molar-refractivity contribution >= 4 is 11.7 Å². The third-order valence-corrected chi connectivity index (χ3v) is 3.16. The number of nitrogens with one attached hydrogen (secondary N) is 1. The SMILES string of the molecule is COC(=O)C1=C2OC=CC(=N)C2CC1(C)C. The molecule has 2 rings (SSSR count). The van der Waals surface area contributed by atoms with Gasteiger partial charge >= 0.3 is 5.97 Å². The van der Waals surface area contributed by atoms with Crippen molar-refractivity contribution in [2.24, 2.45) is 11.3 Å². The molecule has 2 aliphatic rings. The van der Waals surface area contributed by atoms with E-state index in [2.05, 4.69) is 0 Å². The van der Waals surface area contributed by atoms with Gasteiger partial charge in [-0.15, -0.1) is 0 Å². The van der Waals surface area contributed by atoms with E-state index in [9.17, 15) is 4.79 Å². The smallest absolute Gasteiger partial charge is 0.337 e. The molecule has 0 saturated heterocycles. The van der Waals surface area contributed by atoms with E-state index in [-0.39, 0.29) is 17.3 Å². The molecular weight excluding hydrogens is 206 g/mol. The molecule has 4 heteroatoms. The molecule has 0 aromatic carbocycles. The van der Waals surface area contributed by atoms with Crippen LogP contribution in [0.25, 0.3) is 0 Å². The van der Waals surface area contributed by atoms with Gasteiger partial charge in [0.1, 0.15) is 5.76 Å². The van der Waals surface area contributed by atoms with Crippen LogP contribution in [-0.2, 0) is 14.3 Å². The summed E-state index contributed by atoms with van der Waals surface area (Å²) in [6.07, 6.45) is 3.80. The summed E-state index contributed by atoms with van der Waals surface area (Å²) in [5.41, 5.74) is 0.758. The predicted octanol–water partition coefficient (Wildman–Crippen LogP) is 2.02. The molecule has 1 atom stereocenters. The Labute approximate surface area is 94.4 Å². The Bertz CT molecular complexity index is 418. The highest BCUT2D eigenvalue weighted by molar-refractivity contribution is 6.00. The van der Waals surface area contributed by atoms with E-state index in [4.69, 9.17) is 14.9 Å². The van der Waals surface area contributed by atoms with Crippen LogP contribution in [0, 0.1) is 16.7 Å². The topological polar surface area (TPSA) is 59.4 Å². The van der Waals surface area contributed by atoms with Crippen LogP contribution in [0.4, 0.5) is 0 Å². The molecule has 16 heavy (non-hydrogen) atoms. The lowest BCUT2D eigenvalue weighted by Crippen LogP contribution is -2.19. The fourth-order valence-corrected chi connectivity index (χ4v) is 2.38. The zero-order valence-corrected chi connectivity index (χ0v) is 9.66. The van der Waals surface area contributed by atoms with E-state index < -0.39 is 0 Å². The number of carbonyl (C=O) groups excluding carboxylic acids is 1. The van der Waals surface area contributed by atoms with E-state index in [0.29, 0.717) is 17.0 Å². The number of allylic oxidation sites excluding steroid dienone is 2. The molecule has 1 heterocycles. The van der Waals surface area contributed by atoms with E-state index in [1.54, 1.807) is 6.08 Å². The zero-order chi connectivity index (χ0) is 11.9. The maximum Gasteiger partial charge on any atom is 0.337 e. The molecule has 0 aromatic heterocycles. The Morgan fingerprint density at radius 2 is 2.31 bits per heavy atom. The number of hydrogen-bond donors (Lipinski definition) is 1. The van der Waals surface area contributed by atoms with Crippen molar-refractivity contribution < 1.29 is 14.3 Å². The molecule has 0 saturated carbocycles. The summed E-state index contributed by atoms with van der Waals surface area (Å²) < 4.78 is 10.2. The van der Waals surface area contributed by atoms with Crippen molar-refractivity contribution in [2.75, 3.05) is 7.11 Å². The maximum atomic E-state index is 11.7. The standard InChI is InChI=1S/C12H15NO3/c1-12(2)6-7-8(13)4-5-16-10(7)9(12)11(14)15-3/h4-5,7,13H,6H2,1-3H3. The Balaban J connectivity index is 2.50. The lowest BCUT2D eigenvalue weighted by atomic mass is 9.83. The van der Waals surface area contributed by atoms with E-state index in [0.717, 1.165) is 6.42 Å². The zero-order valence-electron chi connectivity index (χ0n) is 9.66. The van der Waals surface area contributed by atoms with Gasteiger partial charge in [-0.25, -0.2) is 4.79 Å². The Morgan fingerprint density at radius 3 is 2.94 bits per heavy atom.